The van der Waals surface area contributed by atoms with Gasteiger partial charge in [-0.15, -0.1) is 0 Å². The van der Waals surface area contributed by atoms with Crippen LogP contribution in [0, 0.1) is 0 Å². The molecule has 7 nitrogen and oxygen atoms in total. The first-order valence-corrected chi connectivity index (χ1v) is 6.34. The molecular weight excluding hydrogens is 272 g/mol. The SMILES string of the molecule is CN(C)c1ncc(C(=O)Nc2ccc3c(c2)OCO3)cn1. The van der Waals surface area contributed by atoms with Gasteiger partial charge < -0.3 is 19.7 Å². The Labute approximate surface area is 121 Å². The number of rotatable bonds is 3. The summed E-state index contributed by atoms with van der Waals surface area (Å²) in [6, 6.07) is 5.22. The maximum Gasteiger partial charge on any atom is 0.258 e. The van der Waals surface area contributed by atoms with Crippen molar-refractivity contribution in [3.63, 3.8) is 0 Å². The molecule has 1 amide bonds. The highest BCUT2D eigenvalue weighted by molar-refractivity contribution is 6.04. The van der Waals surface area contributed by atoms with Crippen LogP contribution in [0.5, 0.6) is 11.5 Å². The van der Waals surface area contributed by atoms with Gasteiger partial charge in [-0.1, -0.05) is 0 Å². The lowest BCUT2D eigenvalue weighted by molar-refractivity contribution is 0.102. The molecule has 0 fully saturated rings. The van der Waals surface area contributed by atoms with Gasteiger partial charge in [-0.3, -0.25) is 4.79 Å². The molecule has 0 saturated carbocycles. The fraction of sp³-hybridized carbons (Fsp3) is 0.214. The van der Waals surface area contributed by atoms with Gasteiger partial charge in [0.1, 0.15) is 0 Å². The van der Waals surface area contributed by atoms with Crippen LogP contribution in [0.2, 0.25) is 0 Å². The molecule has 3 rings (SSSR count). The van der Waals surface area contributed by atoms with Crippen molar-refractivity contribution in [1.29, 1.82) is 0 Å². The minimum absolute atomic E-state index is 0.201. The summed E-state index contributed by atoms with van der Waals surface area (Å²) in [6.07, 6.45) is 2.98. The number of anilines is 2. The molecule has 0 saturated heterocycles. The van der Waals surface area contributed by atoms with E-state index in [1.165, 1.54) is 12.4 Å². The zero-order chi connectivity index (χ0) is 14.8. The summed E-state index contributed by atoms with van der Waals surface area (Å²) in [5.41, 5.74) is 1.01. The summed E-state index contributed by atoms with van der Waals surface area (Å²) < 4.78 is 10.5. The van der Waals surface area contributed by atoms with E-state index in [1.807, 2.05) is 14.1 Å². The van der Waals surface area contributed by atoms with Crippen LogP contribution in [0.4, 0.5) is 11.6 Å². The van der Waals surface area contributed by atoms with E-state index in [2.05, 4.69) is 15.3 Å². The second-order valence-corrected chi connectivity index (χ2v) is 4.69. The van der Waals surface area contributed by atoms with Crippen molar-refractivity contribution in [3.8, 4) is 11.5 Å². The zero-order valence-corrected chi connectivity index (χ0v) is 11.7. The Balaban J connectivity index is 1.74. The number of amides is 1. The van der Waals surface area contributed by atoms with Crippen LogP contribution in [0.1, 0.15) is 10.4 Å². The van der Waals surface area contributed by atoms with Gasteiger partial charge in [0.05, 0.1) is 5.56 Å². The lowest BCUT2D eigenvalue weighted by atomic mass is 10.2. The lowest BCUT2D eigenvalue weighted by Crippen LogP contribution is -2.16. The Morgan fingerprint density at radius 3 is 2.62 bits per heavy atom. The predicted octanol–water partition coefficient (Wildman–Crippen LogP) is 1.52. The third-order valence-corrected chi connectivity index (χ3v) is 2.93. The van der Waals surface area contributed by atoms with Gasteiger partial charge >= 0.3 is 0 Å². The summed E-state index contributed by atoms with van der Waals surface area (Å²) in [7, 11) is 3.67. The molecule has 0 aliphatic carbocycles. The second-order valence-electron chi connectivity index (χ2n) is 4.69. The van der Waals surface area contributed by atoms with Gasteiger partial charge in [0.15, 0.2) is 11.5 Å². The summed E-state index contributed by atoms with van der Waals surface area (Å²) in [5, 5.41) is 2.77. The molecule has 0 radical (unpaired) electrons. The molecule has 1 aromatic carbocycles. The van der Waals surface area contributed by atoms with Crippen LogP contribution >= 0.6 is 0 Å². The first-order valence-electron chi connectivity index (χ1n) is 6.34. The lowest BCUT2D eigenvalue weighted by Gasteiger charge is -2.10. The summed E-state index contributed by atoms with van der Waals surface area (Å²) in [5.74, 6) is 1.56. The number of carbonyl (C=O) groups is 1. The molecule has 0 unspecified atom stereocenters. The van der Waals surface area contributed by atoms with Crippen molar-refractivity contribution >= 4 is 17.5 Å². The van der Waals surface area contributed by atoms with E-state index < -0.39 is 0 Å². The fourth-order valence-corrected chi connectivity index (χ4v) is 1.85. The number of aromatic nitrogens is 2. The maximum absolute atomic E-state index is 12.1. The van der Waals surface area contributed by atoms with Crippen molar-refractivity contribution in [2.24, 2.45) is 0 Å². The third-order valence-electron chi connectivity index (χ3n) is 2.93. The van der Waals surface area contributed by atoms with E-state index >= 15 is 0 Å². The molecule has 108 valence electrons. The van der Waals surface area contributed by atoms with Crippen LogP contribution in [0.15, 0.2) is 30.6 Å². The minimum Gasteiger partial charge on any atom is -0.454 e. The Hall–Kier alpha value is -2.83. The molecule has 21 heavy (non-hydrogen) atoms. The smallest absolute Gasteiger partial charge is 0.258 e. The normalized spacial score (nSPS) is 12.1. The molecule has 1 N–H and O–H groups in total. The molecule has 7 heteroatoms. The number of hydrogen-bond donors (Lipinski definition) is 1. The minimum atomic E-state index is -0.279. The Bertz CT molecular complexity index is 670. The van der Waals surface area contributed by atoms with Crippen LogP contribution in [0.3, 0.4) is 0 Å². The van der Waals surface area contributed by atoms with E-state index in [0.29, 0.717) is 28.7 Å². The quantitative estimate of drug-likeness (QED) is 0.922. The highest BCUT2D eigenvalue weighted by atomic mass is 16.7. The van der Waals surface area contributed by atoms with Crippen molar-refractivity contribution in [2.75, 3.05) is 31.1 Å². The summed E-state index contributed by atoms with van der Waals surface area (Å²) in [4.78, 5) is 22.1. The molecule has 2 aromatic rings. The highest BCUT2D eigenvalue weighted by Crippen LogP contribution is 2.34. The van der Waals surface area contributed by atoms with Crippen LogP contribution in [0.25, 0.3) is 0 Å². The Morgan fingerprint density at radius 1 is 1.19 bits per heavy atom. The predicted molar refractivity (Wildman–Crippen MR) is 76.9 cm³/mol. The number of carbonyl (C=O) groups excluding carboxylic acids is 1. The van der Waals surface area contributed by atoms with Gasteiger partial charge in [-0.25, -0.2) is 9.97 Å². The molecular formula is C14H14N4O3. The summed E-state index contributed by atoms with van der Waals surface area (Å²) >= 11 is 0. The molecule has 1 aliphatic rings. The number of nitrogens with zero attached hydrogens (tertiary/aromatic N) is 3. The largest absolute Gasteiger partial charge is 0.454 e. The standard InChI is InChI=1S/C14H14N4O3/c1-18(2)14-15-6-9(7-16-14)13(19)17-10-3-4-11-12(5-10)21-8-20-11/h3-7H,8H2,1-2H3,(H,17,19). The van der Waals surface area contributed by atoms with Crippen molar-refractivity contribution in [3.05, 3.63) is 36.2 Å². The average molecular weight is 286 g/mol. The van der Waals surface area contributed by atoms with E-state index in [9.17, 15) is 4.79 Å². The Morgan fingerprint density at radius 2 is 1.90 bits per heavy atom. The van der Waals surface area contributed by atoms with Gasteiger partial charge in [0.25, 0.3) is 5.91 Å². The van der Waals surface area contributed by atoms with E-state index in [1.54, 1.807) is 23.1 Å². The summed E-state index contributed by atoms with van der Waals surface area (Å²) in [6.45, 7) is 0.201. The van der Waals surface area contributed by atoms with Crippen LogP contribution in [-0.4, -0.2) is 36.8 Å². The number of ether oxygens (including phenoxy) is 2. The van der Waals surface area contributed by atoms with E-state index in [-0.39, 0.29) is 12.7 Å². The van der Waals surface area contributed by atoms with Gasteiger partial charge in [0.2, 0.25) is 12.7 Å². The van der Waals surface area contributed by atoms with Gasteiger partial charge in [0, 0.05) is 38.2 Å². The maximum atomic E-state index is 12.1. The number of hydrogen-bond acceptors (Lipinski definition) is 6. The highest BCUT2D eigenvalue weighted by Gasteiger charge is 2.15. The molecule has 2 heterocycles. The van der Waals surface area contributed by atoms with Crippen LogP contribution < -0.4 is 19.7 Å². The van der Waals surface area contributed by atoms with Gasteiger partial charge in [-0.05, 0) is 12.1 Å². The molecule has 0 bridgehead atoms. The van der Waals surface area contributed by atoms with Crippen molar-refractivity contribution in [1.82, 2.24) is 9.97 Å². The molecule has 1 aliphatic heterocycles. The van der Waals surface area contributed by atoms with Gasteiger partial charge in [-0.2, -0.15) is 0 Å². The second kappa shape index (κ2) is 5.28. The first kappa shape index (κ1) is 13.2. The monoisotopic (exact) mass is 286 g/mol. The van der Waals surface area contributed by atoms with E-state index in [4.69, 9.17) is 9.47 Å². The number of benzene rings is 1. The van der Waals surface area contributed by atoms with Crippen molar-refractivity contribution < 1.29 is 14.3 Å². The molecule has 0 atom stereocenters. The van der Waals surface area contributed by atoms with Crippen molar-refractivity contribution in [2.45, 2.75) is 0 Å². The average Bonchev–Trinajstić information content (AvgIpc) is 2.95. The molecule has 0 spiro atoms. The number of nitrogens with one attached hydrogen (secondary N) is 1. The van der Waals surface area contributed by atoms with Crippen LogP contribution in [-0.2, 0) is 0 Å². The third kappa shape index (κ3) is 2.71. The number of fused-ring (bicyclic) bond motifs is 1. The zero-order valence-electron chi connectivity index (χ0n) is 11.7. The van der Waals surface area contributed by atoms with E-state index in [0.717, 1.165) is 0 Å². The molecule has 1 aromatic heterocycles. The topological polar surface area (TPSA) is 76.6 Å². The fourth-order valence-electron chi connectivity index (χ4n) is 1.85. The Kier molecular flexibility index (Phi) is 3.31. The first-order chi connectivity index (χ1) is 10.1.